The Hall–Kier alpha value is -1.66. The first-order valence-corrected chi connectivity index (χ1v) is 10.9. The third kappa shape index (κ3) is 5.42. The number of hydrogen-bond donors (Lipinski definition) is 0. The van der Waals surface area contributed by atoms with Gasteiger partial charge in [-0.25, -0.2) is 0 Å². The van der Waals surface area contributed by atoms with Crippen LogP contribution in [0.4, 0.5) is 0 Å². The van der Waals surface area contributed by atoms with E-state index < -0.39 is 7.92 Å². The second kappa shape index (κ2) is 8.57. The molecule has 0 unspecified atom stereocenters. The van der Waals surface area contributed by atoms with Gasteiger partial charge in [0.1, 0.15) is 0 Å². The summed E-state index contributed by atoms with van der Waals surface area (Å²) in [5.41, 5.74) is 3.74. The van der Waals surface area contributed by atoms with Crippen LogP contribution in [0.5, 0.6) is 0 Å². The summed E-state index contributed by atoms with van der Waals surface area (Å²) < 4.78 is 4.83. The summed E-state index contributed by atoms with van der Waals surface area (Å²) in [5.74, 6) is -0.162. The Labute approximate surface area is 166 Å². The molecule has 0 aliphatic carbocycles. The Balaban J connectivity index is 2.58. The largest absolute Gasteiger partial charge is 0.469 e. The van der Waals surface area contributed by atoms with E-state index >= 15 is 0 Å². The second-order valence-electron chi connectivity index (χ2n) is 8.93. The Kier molecular flexibility index (Phi) is 6.87. The van der Waals surface area contributed by atoms with Crippen molar-refractivity contribution in [2.45, 2.75) is 64.7 Å². The van der Waals surface area contributed by atoms with Gasteiger partial charge < -0.3 is 4.74 Å². The van der Waals surface area contributed by atoms with Crippen molar-refractivity contribution in [2.24, 2.45) is 0 Å². The van der Waals surface area contributed by atoms with Gasteiger partial charge in [0.2, 0.25) is 0 Å². The number of methoxy groups -OCH3 is 1. The molecule has 0 aromatic heterocycles. The van der Waals surface area contributed by atoms with E-state index in [1.807, 2.05) is 0 Å². The highest BCUT2D eigenvalue weighted by Gasteiger charge is 2.37. The highest BCUT2D eigenvalue weighted by atomic mass is 31.1. The van der Waals surface area contributed by atoms with Crippen molar-refractivity contribution in [3.63, 3.8) is 0 Å². The van der Waals surface area contributed by atoms with Crippen LogP contribution in [0.3, 0.4) is 0 Å². The maximum Gasteiger partial charge on any atom is 0.305 e. The second-order valence-corrected chi connectivity index (χ2v) is 12.8. The molecule has 0 fully saturated rings. The number of carbonyl (C=O) groups is 1. The number of rotatable bonds is 5. The summed E-state index contributed by atoms with van der Waals surface area (Å²) in [6, 6.07) is 17.3. The lowest BCUT2D eigenvalue weighted by molar-refractivity contribution is -0.140. The fourth-order valence-electron chi connectivity index (χ4n) is 3.97. The molecule has 3 heteroatoms. The van der Waals surface area contributed by atoms with Crippen molar-refractivity contribution in [1.29, 1.82) is 0 Å². The molecule has 146 valence electrons. The molecule has 0 saturated carbocycles. The molecule has 0 atom stereocenters. The SMILES string of the molecule is COC(=O)CCc1ccccc1-c1ccccc1P(C(C)(C)C)C(C)(C)C. The van der Waals surface area contributed by atoms with Gasteiger partial charge in [-0.05, 0) is 38.7 Å². The van der Waals surface area contributed by atoms with Crippen molar-refractivity contribution >= 4 is 19.2 Å². The Morgan fingerprint density at radius 1 is 0.852 bits per heavy atom. The van der Waals surface area contributed by atoms with Crippen LogP contribution in [0.15, 0.2) is 48.5 Å². The Morgan fingerprint density at radius 2 is 1.37 bits per heavy atom. The highest BCUT2D eigenvalue weighted by Crippen LogP contribution is 2.59. The minimum atomic E-state index is -0.411. The predicted octanol–water partition coefficient (Wildman–Crippen LogP) is 6.16. The highest BCUT2D eigenvalue weighted by molar-refractivity contribution is 7.68. The number of carbonyl (C=O) groups excluding carboxylic acids is 1. The smallest absolute Gasteiger partial charge is 0.305 e. The standard InChI is InChI=1S/C24H33O2P/c1-23(2,3)27(24(4,5)6)21-15-11-10-14-20(21)19-13-9-8-12-18(19)16-17-22(25)26-7/h8-15H,16-17H2,1-7H3. The minimum absolute atomic E-state index is 0.162. The molecule has 2 aromatic carbocycles. The average Bonchev–Trinajstić information content (AvgIpc) is 2.58. The van der Waals surface area contributed by atoms with E-state index in [-0.39, 0.29) is 16.3 Å². The predicted molar refractivity (Wildman–Crippen MR) is 118 cm³/mol. The van der Waals surface area contributed by atoms with Gasteiger partial charge in [-0.15, -0.1) is 0 Å². The van der Waals surface area contributed by atoms with E-state index in [1.54, 1.807) is 0 Å². The fraction of sp³-hybridized carbons (Fsp3) is 0.458. The van der Waals surface area contributed by atoms with Crippen LogP contribution in [-0.4, -0.2) is 23.4 Å². The van der Waals surface area contributed by atoms with E-state index in [9.17, 15) is 4.79 Å². The average molecular weight is 385 g/mol. The molecule has 0 aliphatic heterocycles. The van der Waals surface area contributed by atoms with Crippen LogP contribution < -0.4 is 5.30 Å². The van der Waals surface area contributed by atoms with E-state index in [0.717, 1.165) is 0 Å². The summed E-state index contributed by atoms with van der Waals surface area (Å²) in [4.78, 5) is 11.7. The molecule has 2 aromatic rings. The van der Waals surface area contributed by atoms with Gasteiger partial charge in [-0.2, -0.15) is 0 Å². The molecule has 2 nitrogen and oxygen atoms in total. The molecule has 0 amide bonds. The molecule has 0 heterocycles. The van der Waals surface area contributed by atoms with Gasteiger partial charge in [0.05, 0.1) is 7.11 Å². The van der Waals surface area contributed by atoms with Gasteiger partial charge in [0.25, 0.3) is 0 Å². The monoisotopic (exact) mass is 384 g/mol. The lowest BCUT2D eigenvalue weighted by Gasteiger charge is -2.42. The van der Waals surface area contributed by atoms with Crippen molar-refractivity contribution in [3.05, 3.63) is 54.1 Å². The van der Waals surface area contributed by atoms with Gasteiger partial charge >= 0.3 is 5.97 Å². The molecular formula is C24H33O2P. The first-order valence-electron chi connectivity index (χ1n) is 9.60. The van der Waals surface area contributed by atoms with E-state index in [1.165, 1.54) is 29.1 Å². The minimum Gasteiger partial charge on any atom is -0.469 e. The Bertz CT molecular complexity index is 767. The first-order chi connectivity index (χ1) is 12.6. The first kappa shape index (κ1) is 21.6. The summed E-state index contributed by atoms with van der Waals surface area (Å²) in [6.45, 7) is 14.1. The van der Waals surface area contributed by atoms with Crippen LogP contribution in [0, 0.1) is 0 Å². The lowest BCUT2D eigenvalue weighted by atomic mass is 9.96. The Morgan fingerprint density at radius 3 is 1.93 bits per heavy atom. The van der Waals surface area contributed by atoms with Crippen molar-refractivity contribution < 1.29 is 9.53 Å². The van der Waals surface area contributed by atoms with Crippen LogP contribution in [0.25, 0.3) is 11.1 Å². The molecule has 2 rings (SSSR count). The zero-order valence-electron chi connectivity index (χ0n) is 17.8. The van der Waals surface area contributed by atoms with Gasteiger partial charge in [-0.1, -0.05) is 98.0 Å². The number of hydrogen-bond acceptors (Lipinski definition) is 2. The number of ether oxygens (including phenoxy) is 1. The third-order valence-electron chi connectivity index (χ3n) is 4.62. The molecule has 0 radical (unpaired) electrons. The normalized spacial score (nSPS) is 12.3. The van der Waals surface area contributed by atoms with Crippen LogP contribution in [0.2, 0.25) is 0 Å². The number of benzene rings is 2. The summed E-state index contributed by atoms with van der Waals surface area (Å²) in [5, 5.41) is 1.84. The van der Waals surface area contributed by atoms with E-state index in [0.29, 0.717) is 12.8 Å². The van der Waals surface area contributed by atoms with Crippen molar-refractivity contribution in [3.8, 4) is 11.1 Å². The third-order valence-corrected chi connectivity index (χ3v) is 8.18. The van der Waals surface area contributed by atoms with Crippen LogP contribution in [-0.2, 0) is 16.0 Å². The molecule has 27 heavy (non-hydrogen) atoms. The summed E-state index contributed by atoms with van der Waals surface area (Å²) >= 11 is 0. The molecular weight excluding hydrogens is 351 g/mol. The van der Waals surface area contributed by atoms with Crippen molar-refractivity contribution in [2.75, 3.05) is 7.11 Å². The fourth-order valence-corrected chi connectivity index (χ4v) is 8.09. The summed E-state index contributed by atoms with van der Waals surface area (Å²) in [6.07, 6.45) is 1.10. The van der Waals surface area contributed by atoms with Crippen LogP contribution >= 0.6 is 7.92 Å². The van der Waals surface area contributed by atoms with Crippen LogP contribution in [0.1, 0.15) is 53.5 Å². The quantitative estimate of drug-likeness (QED) is 0.456. The molecule has 0 spiro atoms. The maximum atomic E-state index is 11.7. The van der Waals surface area contributed by atoms with Gasteiger partial charge in [-0.3, -0.25) is 4.79 Å². The molecule has 0 bridgehead atoms. The lowest BCUT2D eigenvalue weighted by Crippen LogP contribution is -2.32. The zero-order valence-corrected chi connectivity index (χ0v) is 18.7. The molecule has 0 saturated heterocycles. The molecule has 0 aliphatic rings. The van der Waals surface area contributed by atoms with E-state index in [4.69, 9.17) is 4.74 Å². The molecule has 0 N–H and O–H groups in total. The van der Waals surface area contributed by atoms with E-state index in [2.05, 4.69) is 90.1 Å². The van der Waals surface area contributed by atoms with Crippen molar-refractivity contribution in [1.82, 2.24) is 0 Å². The van der Waals surface area contributed by atoms with Gasteiger partial charge in [0.15, 0.2) is 0 Å². The summed E-state index contributed by atoms with van der Waals surface area (Å²) in [7, 11) is 1.04. The number of esters is 1. The zero-order chi connectivity index (χ0) is 20.2. The number of aryl methyl sites for hydroxylation is 1. The maximum absolute atomic E-state index is 11.7. The van der Waals surface area contributed by atoms with Gasteiger partial charge in [0, 0.05) is 6.42 Å². The topological polar surface area (TPSA) is 26.3 Å².